The minimum absolute atomic E-state index is 0.105. The topological polar surface area (TPSA) is 115 Å². The summed E-state index contributed by atoms with van der Waals surface area (Å²) in [5.74, 6) is -3.05. The van der Waals surface area contributed by atoms with Crippen LogP contribution in [-0.4, -0.2) is 40.1 Å². The van der Waals surface area contributed by atoms with Crippen LogP contribution < -0.4 is 15.1 Å². The molecule has 0 spiro atoms. The van der Waals surface area contributed by atoms with Crippen LogP contribution in [0.3, 0.4) is 0 Å². The van der Waals surface area contributed by atoms with Gasteiger partial charge in [0.25, 0.3) is 0 Å². The molecule has 254 valence electrons. The van der Waals surface area contributed by atoms with E-state index < -0.39 is 29.0 Å². The van der Waals surface area contributed by atoms with Gasteiger partial charge in [-0.15, -0.1) is 0 Å². The molecule has 50 heavy (non-hydrogen) atoms. The fourth-order valence-corrected chi connectivity index (χ4v) is 9.46. The van der Waals surface area contributed by atoms with Gasteiger partial charge in [-0.05, 0) is 59.2 Å². The van der Waals surface area contributed by atoms with Gasteiger partial charge < -0.3 is 10.1 Å². The standard InChI is InChI=1S/C39H35N3O6S2/c1-5-48-37(46)24-15-19-26(20-16-24)42-34(44)31-30(23-13-17-25(18-14-23)39(2,3)4)33-36(49-32(31)35(42)45)41(38(47)50-33)21-29(43)40-28-12-8-10-22-9-6-7-11-27(22)28/h6-20,30-32H,5,21H2,1-4H3,(H,40,43). The van der Waals surface area contributed by atoms with E-state index in [0.29, 0.717) is 26.8 Å². The Balaban J connectivity index is 1.26. The largest absolute Gasteiger partial charge is 0.462 e. The highest BCUT2D eigenvalue weighted by molar-refractivity contribution is 8.00. The van der Waals surface area contributed by atoms with E-state index in [9.17, 15) is 24.0 Å². The number of thioether (sulfide) groups is 1. The first-order chi connectivity index (χ1) is 24.0. The molecule has 1 fully saturated rings. The molecule has 0 aliphatic carbocycles. The maximum atomic E-state index is 14.3. The molecule has 9 nitrogen and oxygen atoms in total. The van der Waals surface area contributed by atoms with Crippen molar-refractivity contribution in [1.82, 2.24) is 4.57 Å². The number of hydrogen-bond donors (Lipinski definition) is 1. The number of nitrogens with one attached hydrogen (secondary N) is 1. The average molecular weight is 706 g/mol. The lowest BCUT2D eigenvalue weighted by atomic mass is 9.81. The van der Waals surface area contributed by atoms with Gasteiger partial charge >= 0.3 is 10.8 Å². The van der Waals surface area contributed by atoms with Gasteiger partial charge in [0.05, 0.1) is 28.8 Å². The smallest absolute Gasteiger partial charge is 0.338 e. The Morgan fingerprint density at radius 3 is 2.26 bits per heavy atom. The van der Waals surface area contributed by atoms with Gasteiger partial charge in [0, 0.05) is 21.9 Å². The first-order valence-corrected chi connectivity index (χ1v) is 18.1. The Bertz CT molecular complexity index is 2210. The summed E-state index contributed by atoms with van der Waals surface area (Å²) >= 11 is 2.18. The maximum absolute atomic E-state index is 14.3. The van der Waals surface area contributed by atoms with E-state index in [4.69, 9.17) is 4.74 Å². The summed E-state index contributed by atoms with van der Waals surface area (Å²) < 4.78 is 6.51. The van der Waals surface area contributed by atoms with Gasteiger partial charge in [-0.25, -0.2) is 9.69 Å². The normalized spacial score (nSPS) is 18.6. The average Bonchev–Trinajstić information content (AvgIpc) is 3.54. The predicted octanol–water partition coefficient (Wildman–Crippen LogP) is 6.97. The van der Waals surface area contributed by atoms with Gasteiger partial charge in [-0.1, -0.05) is 105 Å². The molecule has 2 aliphatic rings. The van der Waals surface area contributed by atoms with Crippen molar-refractivity contribution in [3.63, 3.8) is 0 Å². The zero-order valence-electron chi connectivity index (χ0n) is 28.0. The Morgan fingerprint density at radius 1 is 0.860 bits per heavy atom. The zero-order valence-corrected chi connectivity index (χ0v) is 29.6. The number of carbonyl (C=O) groups is 4. The quantitative estimate of drug-likeness (QED) is 0.144. The number of fused-ring (bicyclic) bond motifs is 3. The molecule has 1 aromatic heterocycles. The van der Waals surface area contributed by atoms with Gasteiger partial charge in [-0.2, -0.15) is 0 Å². The molecule has 1 N–H and O–H groups in total. The lowest BCUT2D eigenvalue weighted by molar-refractivity contribution is -0.122. The summed E-state index contributed by atoms with van der Waals surface area (Å²) in [6.07, 6.45) is 0. The summed E-state index contributed by atoms with van der Waals surface area (Å²) in [5, 5.41) is 4.49. The van der Waals surface area contributed by atoms with Crippen molar-refractivity contribution in [2.24, 2.45) is 5.92 Å². The van der Waals surface area contributed by atoms with Crippen LogP contribution in [0.5, 0.6) is 0 Å². The second kappa shape index (κ2) is 13.0. The number of benzene rings is 4. The number of anilines is 2. The molecule has 3 heterocycles. The number of rotatable bonds is 7. The summed E-state index contributed by atoms with van der Waals surface area (Å²) in [5.41, 5.74) is 3.11. The van der Waals surface area contributed by atoms with Crippen LogP contribution >= 0.6 is 23.1 Å². The predicted molar refractivity (Wildman–Crippen MR) is 196 cm³/mol. The van der Waals surface area contributed by atoms with Gasteiger partial charge in [0.1, 0.15) is 11.8 Å². The molecule has 0 radical (unpaired) electrons. The van der Waals surface area contributed by atoms with Crippen molar-refractivity contribution in [3.05, 3.63) is 122 Å². The van der Waals surface area contributed by atoms with E-state index in [0.717, 1.165) is 45.0 Å². The van der Waals surface area contributed by atoms with E-state index in [1.165, 1.54) is 21.6 Å². The van der Waals surface area contributed by atoms with Crippen LogP contribution in [0.15, 0.2) is 101 Å². The van der Waals surface area contributed by atoms with Crippen LogP contribution in [0.2, 0.25) is 0 Å². The summed E-state index contributed by atoms with van der Waals surface area (Å²) in [6.45, 7) is 8.04. The van der Waals surface area contributed by atoms with Crippen LogP contribution in [0.25, 0.3) is 10.8 Å². The molecule has 3 atom stereocenters. The summed E-state index contributed by atoms with van der Waals surface area (Å²) in [4.78, 5) is 69.4. The van der Waals surface area contributed by atoms with Gasteiger partial charge in [0.2, 0.25) is 17.7 Å². The monoisotopic (exact) mass is 705 g/mol. The molecule has 2 aliphatic heterocycles. The molecule has 4 aromatic carbocycles. The second-order valence-electron chi connectivity index (χ2n) is 13.4. The lowest BCUT2D eigenvalue weighted by Gasteiger charge is -2.31. The molecular weight excluding hydrogens is 671 g/mol. The van der Waals surface area contributed by atoms with E-state index >= 15 is 0 Å². The summed E-state index contributed by atoms with van der Waals surface area (Å²) in [6, 6.07) is 27.6. The zero-order chi connectivity index (χ0) is 35.3. The molecule has 0 bridgehead atoms. The SMILES string of the molecule is CCOC(=O)c1ccc(N2C(=O)C3Sc4c(sc(=O)n4CC(=O)Nc4cccc5ccccc45)C(c4ccc(C(C)(C)C)cc4)C3C2=O)cc1. The fourth-order valence-electron chi connectivity index (χ4n) is 6.69. The van der Waals surface area contributed by atoms with Crippen molar-refractivity contribution < 1.29 is 23.9 Å². The molecule has 7 rings (SSSR count). The fraction of sp³-hybridized carbons (Fsp3) is 0.256. The number of nitrogens with zero attached hydrogens (tertiary/aromatic N) is 2. The van der Waals surface area contributed by atoms with Crippen molar-refractivity contribution in [2.75, 3.05) is 16.8 Å². The van der Waals surface area contributed by atoms with Crippen LogP contribution in [-0.2, 0) is 31.1 Å². The summed E-state index contributed by atoms with van der Waals surface area (Å²) in [7, 11) is 0. The van der Waals surface area contributed by atoms with Crippen molar-refractivity contribution in [2.45, 2.75) is 55.8 Å². The van der Waals surface area contributed by atoms with Crippen molar-refractivity contribution in [1.29, 1.82) is 0 Å². The molecule has 11 heteroatoms. The van der Waals surface area contributed by atoms with Gasteiger partial charge in [-0.3, -0.25) is 23.7 Å². The Hall–Kier alpha value is -5.00. The molecule has 3 amide bonds. The van der Waals surface area contributed by atoms with E-state index in [1.54, 1.807) is 19.1 Å². The third kappa shape index (κ3) is 5.94. The Morgan fingerprint density at radius 2 is 1.56 bits per heavy atom. The number of carbonyl (C=O) groups excluding carboxylic acids is 4. The first-order valence-electron chi connectivity index (χ1n) is 16.4. The van der Waals surface area contributed by atoms with E-state index in [1.807, 2.05) is 66.7 Å². The first kappa shape index (κ1) is 33.5. The number of aromatic nitrogens is 1. The number of esters is 1. The second-order valence-corrected chi connectivity index (χ2v) is 15.5. The highest BCUT2D eigenvalue weighted by Crippen LogP contribution is 2.54. The molecule has 1 saturated heterocycles. The highest BCUT2D eigenvalue weighted by Gasteiger charge is 2.56. The Kier molecular flexibility index (Phi) is 8.73. The number of hydrogen-bond acceptors (Lipinski definition) is 8. The van der Waals surface area contributed by atoms with E-state index in [2.05, 4.69) is 26.1 Å². The molecule has 5 aromatic rings. The third-order valence-electron chi connectivity index (χ3n) is 9.19. The Labute approximate surface area is 297 Å². The van der Waals surface area contributed by atoms with E-state index in [-0.39, 0.29) is 35.3 Å². The molecule has 0 saturated carbocycles. The highest BCUT2D eigenvalue weighted by atomic mass is 32.2. The van der Waals surface area contributed by atoms with Crippen molar-refractivity contribution in [3.8, 4) is 0 Å². The van der Waals surface area contributed by atoms with Crippen LogP contribution in [0.1, 0.15) is 60.0 Å². The third-order valence-corrected chi connectivity index (χ3v) is 11.8. The van der Waals surface area contributed by atoms with Crippen molar-refractivity contribution >= 4 is 68.9 Å². The number of imide groups is 1. The minimum Gasteiger partial charge on any atom is -0.462 e. The lowest BCUT2D eigenvalue weighted by Crippen LogP contribution is -2.33. The maximum Gasteiger partial charge on any atom is 0.338 e. The number of ether oxygens (including phenoxy) is 1. The molecular formula is C39H35N3O6S2. The van der Waals surface area contributed by atoms with Crippen LogP contribution in [0, 0.1) is 5.92 Å². The molecule has 3 unspecified atom stereocenters. The van der Waals surface area contributed by atoms with Gasteiger partial charge in [0.15, 0.2) is 0 Å². The van der Waals surface area contributed by atoms with Crippen LogP contribution in [0.4, 0.5) is 11.4 Å². The number of amides is 3. The minimum atomic E-state index is -0.839. The number of thiazole rings is 1.